The summed E-state index contributed by atoms with van der Waals surface area (Å²) in [5.41, 5.74) is 0.839. The Hall–Kier alpha value is -1.69. The van der Waals surface area contributed by atoms with Crippen LogP contribution in [0.3, 0.4) is 0 Å². The molecule has 7 heteroatoms. The van der Waals surface area contributed by atoms with Crippen LogP contribution in [0, 0.1) is 0 Å². The monoisotopic (exact) mass is 342 g/mol. The van der Waals surface area contributed by atoms with Gasteiger partial charge in [-0.2, -0.15) is 0 Å². The second-order valence-corrected chi connectivity index (χ2v) is 6.57. The molecule has 1 atom stereocenters. The smallest absolute Gasteiger partial charge is 0.311 e. The van der Waals surface area contributed by atoms with E-state index < -0.39 is 30.3 Å². The number of rotatable bonds is 3. The molecule has 0 N–H and O–H groups in total. The van der Waals surface area contributed by atoms with E-state index in [0.717, 1.165) is 10.5 Å². The van der Waals surface area contributed by atoms with E-state index in [2.05, 4.69) is 0 Å². The third-order valence-corrected chi connectivity index (χ3v) is 4.59. The van der Waals surface area contributed by atoms with Gasteiger partial charge in [0.1, 0.15) is 6.54 Å². The maximum Gasteiger partial charge on any atom is 0.327 e. The van der Waals surface area contributed by atoms with Crippen molar-refractivity contribution in [2.24, 2.45) is 0 Å². The summed E-state index contributed by atoms with van der Waals surface area (Å²) >= 11 is 5.82. The summed E-state index contributed by atoms with van der Waals surface area (Å²) in [7, 11) is 0. The molecular formula is C16H17ClF2N2O2. The lowest BCUT2D eigenvalue weighted by molar-refractivity contribution is -0.129. The number of carbonyl (C=O) groups excluding carboxylic acids is 2. The fourth-order valence-corrected chi connectivity index (χ4v) is 3.35. The second-order valence-electron chi connectivity index (χ2n) is 6.13. The zero-order valence-corrected chi connectivity index (χ0v) is 13.2. The lowest BCUT2D eigenvalue weighted by atomic mass is 9.91. The van der Waals surface area contributed by atoms with E-state index in [-0.39, 0.29) is 19.5 Å². The highest BCUT2D eigenvalue weighted by Gasteiger charge is 2.46. The predicted molar refractivity (Wildman–Crippen MR) is 81.3 cm³/mol. The summed E-state index contributed by atoms with van der Waals surface area (Å²) in [5.74, 6) is -3.20. The van der Waals surface area contributed by atoms with Crippen molar-refractivity contribution in [1.29, 1.82) is 0 Å². The van der Waals surface area contributed by atoms with Gasteiger partial charge in [-0.25, -0.2) is 13.6 Å². The van der Waals surface area contributed by atoms with Crippen LogP contribution in [-0.4, -0.2) is 40.2 Å². The van der Waals surface area contributed by atoms with Gasteiger partial charge in [0.15, 0.2) is 0 Å². The van der Waals surface area contributed by atoms with E-state index in [4.69, 9.17) is 11.6 Å². The number of halogens is 3. The number of urea groups is 1. The molecule has 0 aromatic heterocycles. The van der Waals surface area contributed by atoms with Gasteiger partial charge in [-0.3, -0.25) is 9.69 Å². The van der Waals surface area contributed by atoms with Gasteiger partial charge in [0.05, 0.1) is 0 Å². The topological polar surface area (TPSA) is 40.6 Å². The highest BCUT2D eigenvalue weighted by Crippen LogP contribution is 2.36. The summed E-state index contributed by atoms with van der Waals surface area (Å²) in [5, 5.41) is 0.587. The van der Waals surface area contributed by atoms with Crippen molar-refractivity contribution in [2.75, 3.05) is 6.54 Å². The first-order valence-corrected chi connectivity index (χ1v) is 7.97. The molecule has 4 nitrogen and oxygen atoms in total. The number of amides is 3. The molecule has 1 aliphatic heterocycles. The van der Waals surface area contributed by atoms with E-state index in [9.17, 15) is 18.4 Å². The van der Waals surface area contributed by atoms with E-state index in [1.807, 2.05) is 0 Å². The predicted octanol–water partition coefficient (Wildman–Crippen LogP) is 3.68. The van der Waals surface area contributed by atoms with Gasteiger partial charge in [0.2, 0.25) is 5.92 Å². The number of hydrogen-bond donors (Lipinski definition) is 0. The van der Waals surface area contributed by atoms with Gasteiger partial charge >= 0.3 is 6.03 Å². The van der Waals surface area contributed by atoms with E-state index >= 15 is 0 Å². The minimum atomic E-state index is -2.80. The Morgan fingerprint density at radius 2 is 1.91 bits per heavy atom. The van der Waals surface area contributed by atoms with Gasteiger partial charge in [-0.1, -0.05) is 23.7 Å². The Bertz CT molecular complexity index is 621. The first-order chi connectivity index (χ1) is 10.9. The van der Waals surface area contributed by atoms with Gasteiger partial charge in [-0.15, -0.1) is 0 Å². The molecule has 3 rings (SSSR count). The molecule has 124 valence electrons. The average Bonchev–Trinajstić information content (AvgIpc) is 2.75. The molecule has 1 aromatic carbocycles. The standard InChI is InChI=1S/C16H17ClF2N2O2/c17-12-5-3-11(4-6-12)9-20-10-14(22)21(15(20)23)13-2-1-7-16(18,19)8-13/h3-6,13H,1-2,7-10H2. The molecule has 1 unspecified atom stereocenters. The average molecular weight is 343 g/mol. The van der Waals surface area contributed by atoms with Gasteiger partial charge in [0, 0.05) is 30.5 Å². The SMILES string of the molecule is O=C1CN(Cc2ccc(Cl)cc2)C(=O)N1C1CCCC(F)(F)C1. The van der Waals surface area contributed by atoms with Crippen LogP contribution in [0.4, 0.5) is 13.6 Å². The van der Waals surface area contributed by atoms with E-state index in [0.29, 0.717) is 17.9 Å². The summed E-state index contributed by atoms with van der Waals surface area (Å²) in [6, 6.07) is 5.79. The molecule has 0 radical (unpaired) electrons. The maximum absolute atomic E-state index is 13.6. The van der Waals surface area contributed by atoms with Crippen LogP contribution in [0.1, 0.15) is 31.2 Å². The molecule has 2 fully saturated rings. The van der Waals surface area contributed by atoms with Crippen molar-refractivity contribution in [2.45, 2.75) is 44.2 Å². The number of imide groups is 1. The fraction of sp³-hybridized carbons (Fsp3) is 0.500. The Morgan fingerprint density at radius 3 is 2.57 bits per heavy atom. The molecule has 23 heavy (non-hydrogen) atoms. The Kier molecular flexibility index (Phi) is 4.27. The molecule has 3 amide bonds. The molecule has 0 bridgehead atoms. The second kappa shape index (κ2) is 6.07. The lowest BCUT2D eigenvalue weighted by Crippen LogP contribution is -2.46. The Labute approximate surface area is 138 Å². The minimum absolute atomic E-state index is 0.0659. The number of carbonyl (C=O) groups is 2. The van der Waals surface area contributed by atoms with Crippen LogP contribution in [-0.2, 0) is 11.3 Å². The molecule has 1 saturated heterocycles. The normalized spacial score (nSPS) is 24.4. The molecule has 1 saturated carbocycles. The lowest BCUT2D eigenvalue weighted by Gasteiger charge is -2.33. The van der Waals surface area contributed by atoms with Crippen molar-refractivity contribution in [3.05, 3.63) is 34.9 Å². The van der Waals surface area contributed by atoms with Crippen LogP contribution in [0.5, 0.6) is 0 Å². The zero-order chi connectivity index (χ0) is 16.6. The molecule has 1 aromatic rings. The van der Waals surface area contributed by atoms with Gasteiger partial charge < -0.3 is 4.90 Å². The number of benzene rings is 1. The van der Waals surface area contributed by atoms with Gasteiger partial charge in [-0.05, 0) is 30.5 Å². The quantitative estimate of drug-likeness (QED) is 0.786. The van der Waals surface area contributed by atoms with Crippen molar-refractivity contribution < 1.29 is 18.4 Å². The summed E-state index contributed by atoms with van der Waals surface area (Å²) in [4.78, 5) is 27.0. The third kappa shape index (κ3) is 3.47. The Balaban J connectivity index is 1.71. The Morgan fingerprint density at radius 1 is 1.22 bits per heavy atom. The first kappa shape index (κ1) is 16.2. The largest absolute Gasteiger partial charge is 0.327 e. The van der Waals surface area contributed by atoms with Crippen molar-refractivity contribution >= 4 is 23.5 Å². The molecule has 0 spiro atoms. The summed E-state index contributed by atoms with van der Waals surface area (Å²) in [6.07, 6.45) is 0.168. The highest BCUT2D eigenvalue weighted by molar-refractivity contribution is 6.30. The molecule has 1 aliphatic carbocycles. The van der Waals surface area contributed by atoms with Crippen LogP contribution < -0.4 is 0 Å². The number of alkyl halides is 2. The van der Waals surface area contributed by atoms with Crippen molar-refractivity contribution in [3.63, 3.8) is 0 Å². The number of nitrogens with zero attached hydrogens (tertiary/aromatic N) is 2. The van der Waals surface area contributed by atoms with E-state index in [1.54, 1.807) is 24.3 Å². The van der Waals surface area contributed by atoms with Crippen LogP contribution in [0.2, 0.25) is 5.02 Å². The zero-order valence-electron chi connectivity index (χ0n) is 12.5. The molecule has 2 aliphatic rings. The summed E-state index contributed by atoms with van der Waals surface area (Å²) in [6.45, 7) is 0.199. The van der Waals surface area contributed by atoms with Crippen LogP contribution in [0.15, 0.2) is 24.3 Å². The van der Waals surface area contributed by atoms with E-state index in [1.165, 1.54) is 4.90 Å². The van der Waals surface area contributed by atoms with Crippen molar-refractivity contribution in [3.8, 4) is 0 Å². The maximum atomic E-state index is 13.6. The first-order valence-electron chi connectivity index (χ1n) is 7.59. The fourth-order valence-electron chi connectivity index (χ4n) is 3.23. The molecular weight excluding hydrogens is 326 g/mol. The highest BCUT2D eigenvalue weighted by atomic mass is 35.5. The van der Waals surface area contributed by atoms with Gasteiger partial charge in [0.25, 0.3) is 5.91 Å². The number of hydrogen-bond acceptors (Lipinski definition) is 2. The van der Waals surface area contributed by atoms with Crippen LogP contribution in [0.25, 0.3) is 0 Å². The van der Waals surface area contributed by atoms with Crippen LogP contribution >= 0.6 is 11.6 Å². The minimum Gasteiger partial charge on any atom is -0.311 e. The molecule has 1 heterocycles. The summed E-state index contributed by atoms with van der Waals surface area (Å²) < 4.78 is 27.1. The van der Waals surface area contributed by atoms with Crippen molar-refractivity contribution in [1.82, 2.24) is 9.80 Å². The third-order valence-electron chi connectivity index (χ3n) is 4.34.